The maximum Gasteiger partial charge on any atom is 0.432 e. The maximum absolute atomic E-state index is 13.8. The van der Waals surface area contributed by atoms with Crippen LogP contribution in [-0.4, -0.2) is 39.5 Å². The first-order chi connectivity index (χ1) is 11.9. The first kappa shape index (κ1) is 20.1. The van der Waals surface area contributed by atoms with Gasteiger partial charge in [-0.05, 0) is 50.4 Å². The van der Waals surface area contributed by atoms with Crippen LogP contribution in [0.25, 0.3) is 0 Å². The van der Waals surface area contributed by atoms with Gasteiger partial charge >= 0.3 is 17.4 Å². The van der Waals surface area contributed by atoms with E-state index in [1.54, 1.807) is 0 Å². The number of carbonyl (C=O) groups excluding carboxylic acids is 1. The van der Waals surface area contributed by atoms with Gasteiger partial charge in [0.1, 0.15) is 12.0 Å². The Morgan fingerprint density at radius 3 is 2.15 bits per heavy atom. The molecule has 3 atom stereocenters. The van der Waals surface area contributed by atoms with Crippen molar-refractivity contribution in [2.24, 2.45) is 17.3 Å². The lowest BCUT2D eigenvalue weighted by Gasteiger charge is -2.58. The molecule has 4 bridgehead atoms. The van der Waals surface area contributed by atoms with E-state index in [1.807, 2.05) is 0 Å². The SMILES string of the molecule is O=C(OC(C(F)(F)F)C(F)(F)SOOO)C12CC3CC(CC(O)(C3)C1)C2. The van der Waals surface area contributed by atoms with Gasteiger partial charge in [0, 0.05) is 0 Å². The van der Waals surface area contributed by atoms with E-state index < -0.39 is 46.6 Å². The average molecular weight is 408 g/mol. The fourth-order valence-corrected chi connectivity index (χ4v) is 5.51. The van der Waals surface area contributed by atoms with Gasteiger partial charge in [-0.3, -0.25) is 4.79 Å². The molecule has 2 N–H and O–H groups in total. The quantitative estimate of drug-likeness (QED) is 0.229. The third kappa shape index (κ3) is 3.66. The second-order valence-corrected chi connectivity index (χ2v) is 8.43. The molecule has 0 aromatic rings. The summed E-state index contributed by atoms with van der Waals surface area (Å²) in [6.45, 7) is 0. The predicted molar refractivity (Wildman–Crippen MR) is 75.3 cm³/mol. The van der Waals surface area contributed by atoms with Crippen LogP contribution in [-0.2, 0) is 18.9 Å². The van der Waals surface area contributed by atoms with Crippen molar-refractivity contribution >= 4 is 18.0 Å². The predicted octanol–water partition coefficient (Wildman–Crippen LogP) is 3.45. The number of rotatable bonds is 6. The molecule has 0 aromatic heterocycles. The van der Waals surface area contributed by atoms with Crippen LogP contribution in [0.4, 0.5) is 22.0 Å². The Morgan fingerprint density at radius 2 is 1.69 bits per heavy atom. The summed E-state index contributed by atoms with van der Waals surface area (Å²) >= 11 is -1.12. The fraction of sp³-hybridized carbons (Fsp3) is 0.929. The zero-order valence-corrected chi connectivity index (χ0v) is 14.1. The Bertz CT molecular complexity index is 557. The molecule has 3 unspecified atom stereocenters. The first-order valence-electron chi connectivity index (χ1n) is 7.93. The number of esters is 1. The highest BCUT2D eigenvalue weighted by atomic mass is 32.2. The summed E-state index contributed by atoms with van der Waals surface area (Å²) in [6, 6.07) is 0. The molecule has 0 aromatic carbocycles. The molecule has 12 heteroatoms. The molecule has 0 radical (unpaired) electrons. The number of aliphatic hydroxyl groups is 1. The minimum Gasteiger partial charge on any atom is -0.445 e. The van der Waals surface area contributed by atoms with Crippen LogP contribution in [0, 0.1) is 17.3 Å². The molecule has 4 saturated carbocycles. The Hall–Kier alpha value is -0.690. The zero-order valence-electron chi connectivity index (χ0n) is 13.3. The van der Waals surface area contributed by atoms with Crippen molar-refractivity contribution in [1.82, 2.24) is 0 Å². The van der Waals surface area contributed by atoms with Gasteiger partial charge in [-0.1, -0.05) is 5.04 Å². The Kier molecular flexibility index (Phi) is 4.96. The fourth-order valence-electron chi connectivity index (χ4n) is 5.12. The molecule has 0 heterocycles. The van der Waals surface area contributed by atoms with E-state index >= 15 is 0 Å². The van der Waals surface area contributed by atoms with E-state index in [2.05, 4.69) is 14.1 Å². The van der Waals surface area contributed by atoms with Gasteiger partial charge < -0.3 is 9.84 Å². The molecule has 4 fully saturated rings. The Balaban J connectivity index is 1.80. The summed E-state index contributed by atoms with van der Waals surface area (Å²) in [5.41, 5.74) is -2.56. The number of ether oxygens (including phenoxy) is 1. The molecular weight excluding hydrogens is 391 g/mol. The summed E-state index contributed by atoms with van der Waals surface area (Å²) in [6.07, 6.45) is -7.37. The molecular formula is C14H17F5O6S. The molecule has 6 nitrogen and oxygen atoms in total. The third-order valence-electron chi connectivity index (χ3n) is 5.47. The van der Waals surface area contributed by atoms with Crippen molar-refractivity contribution in [2.45, 2.75) is 61.7 Å². The summed E-state index contributed by atoms with van der Waals surface area (Å²) in [7, 11) is 0. The highest BCUT2D eigenvalue weighted by molar-refractivity contribution is 7.95. The van der Waals surface area contributed by atoms with Crippen LogP contribution < -0.4 is 0 Å². The zero-order chi connectivity index (χ0) is 19.4. The van der Waals surface area contributed by atoms with Crippen LogP contribution >= 0.6 is 12.0 Å². The summed E-state index contributed by atoms with van der Waals surface area (Å²) in [5.74, 6) is -1.48. The molecule has 0 aliphatic heterocycles. The van der Waals surface area contributed by atoms with Crippen LogP contribution in [0.5, 0.6) is 0 Å². The lowest BCUT2D eigenvalue weighted by atomic mass is 9.48. The molecule has 0 spiro atoms. The largest absolute Gasteiger partial charge is 0.445 e. The van der Waals surface area contributed by atoms with E-state index in [1.165, 1.54) is 0 Å². The normalized spacial score (nSPS) is 37.7. The number of halogens is 5. The standard InChI is InChI=1S/C14H17F5O6S/c15-13(16,17)9(14(18,19)26-25-24-22)23-10(20)11-2-7-1-8(3-11)5-12(21,4-7)6-11/h7-9,21-22H,1-6H2. The molecule has 4 aliphatic carbocycles. The monoisotopic (exact) mass is 408 g/mol. The van der Waals surface area contributed by atoms with Crippen molar-refractivity contribution in [2.75, 3.05) is 0 Å². The lowest BCUT2D eigenvalue weighted by molar-refractivity contribution is -0.434. The van der Waals surface area contributed by atoms with Crippen LogP contribution in [0.1, 0.15) is 38.5 Å². The number of carbonyl (C=O) groups is 1. The number of hydrogen-bond acceptors (Lipinski definition) is 7. The maximum atomic E-state index is 13.8. The second kappa shape index (κ2) is 6.43. The van der Waals surface area contributed by atoms with E-state index in [0.29, 0.717) is 12.8 Å². The van der Waals surface area contributed by atoms with E-state index in [9.17, 15) is 31.9 Å². The van der Waals surface area contributed by atoms with Crippen molar-refractivity contribution in [1.29, 1.82) is 0 Å². The highest BCUT2D eigenvalue weighted by Crippen LogP contribution is 2.62. The second-order valence-electron chi connectivity index (χ2n) is 7.58. The van der Waals surface area contributed by atoms with Gasteiger partial charge in [-0.25, -0.2) is 5.26 Å². The molecule has 0 amide bonds. The molecule has 4 aliphatic rings. The molecule has 150 valence electrons. The average Bonchev–Trinajstić information content (AvgIpc) is 2.46. The van der Waals surface area contributed by atoms with Gasteiger partial charge in [0.05, 0.1) is 11.0 Å². The van der Waals surface area contributed by atoms with Gasteiger partial charge in [-0.2, -0.15) is 22.0 Å². The van der Waals surface area contributed by atoms with Crippen LogP contribution in [0.3, 0.4) is 0 Å². The van der Waals surface area contributed by atoms with Gasteiger partial charge in [0.15, 0.2) is 0 Å². The van der Waals surface area contributed by atoms with Crippen LogP contribution in [0.15, 0.2) is 0 Å². The van der Waals surface area contributed by atoms with E-state index in [-0.39, 0.29) is 31.1 Å². The minimum absolute atomic E-state index is 0.0425. The van der Waals surface area contributed by atoms with Crippen molar-refractivity contribution in [3.63, 3.8) is 0 Å². The van der Waals surface area contributed by atoms with Gasteiger partial charge in [0.2, 0.25) is 0 Å². The Morgan fingerprint density at radius 1 is 1.12 bits per heavy atom. The number of hydrogen-bond donors (Lipinski definition) is 2. The van der Waals surface area contributed by atoms with Crippen LogP contribution in [0.2, 0.25) is 0 Å². The highest BCUT2D eigenvalue weighted by Gasteiger charge is 2.65. The van der Waals surface area contributed by atoms with Gasteiger partial charge in [0.25, 0.3) is 6.10 Å². The Labute approximate surface area is 149 Å². The van der Waals surface area contributed by atoms with Crippen molar-refractivity contribution < 1.29 is 51.2 Å². The summed E-state index contributed by atoms with van der Waals surface area (Å²) in [5, 5.41) is 16.6. The topological polar surface area (TPSA) is 85.2 Å². The molecule has 4 rings (SSSR count). The van der Waals surface area contributed by atoms with E-state index in [0.717, 1.165) is 6.42 Å². The van der Waals surface area contributed by atoms with Gasteiger partial charge in [-0.15, -0.1) is 4.33 Å². The number of alkyl halides is 5. The third-order valence-corrected chi connectivity index (χ3v) is 6.03. The smallest absolute Gasteiger partial charge is 0.432 e. The molecule has 0 saturated heterocycles. The summed E-state index contributed by atoms with van der Waals surface area (Å²) < 4.78 is 74.4. The van der Waals surface area contributed by atoms with Crippen molar-refractivity contribution in [3.05, 3.63) is 0 Å². The first-order valence-corrected chi connectivity index (χ1v) is 8.67. The lowest BCUT2D eigenvalue weighted by Crippen LogP contribution is -2.59. The molecule has 26 heavy (non-hydrogen) atoms. The van der Waals surface area contributed by atoms with Crippen molar-refractivity contribution in [3.8, 4) is 0 Å². The van der Waals surface area contributed by atoms with E-state index in [4.69, 9.17) is 5.26 Å². The summed E-state index contributed by atoms with van der Waals surface area (Å²) in [4.78, 5) is 12.5. The minimum atomic E-state index is -5.58.